The Morgan fingerprint density at radius 1 is 1.70 bits per heavy atom. The van der Waals surface area contributed by atoms with Gasteiger partial charge >= 0.3 is 0 Å². The lowest BCUT2D eigenvalue weighted by atomic mass is 10.4. The maximum atomic E-state index is 3.90. The van der Waals surface area contributed by atoms with Gasteiger partial charge in [-0.2, -0.15) is 0 Å². The third-order valence-corrected chi connectivity index (χ3v) is 1.78. The summed E-state index contributed by atoms with van der Waals surface area (Å²) in [5.41, 5.74) is 0. The number of imidazole rings is 1. The summed E-state index contributed by atoms with van der Waals surface area (Å²) in [6, 6.07) is 0. The molecule has 54 valence electrons. The molecule has 0 bridgehead atoms. The average Bonchev–Trinajstić information content (AvgIpc) is 2.63. The number of hydrogen-bond donors (Lipinski definition) is 2. The van der Waals surface area contributed by atoms with Gasteiger partial charge in [0.05, 0.1) is 12.5 Å². The molecule has 1 aromatic heterocycles. The number of hydrogen-bond acceptors (Lipinski definition) is 2. The predicted molar refractivity (Wildman–Crippen MR) is 39.8 cm³/mol. The Morgan fingerprint density at radius 2 is 2.60 bits per heavy atom. The number of nitrogens with zero attached hydrogens (tertiary/aromatic N) is 1. The van der Waals surface area contributed by atoms with Crippen molar-refractivity contribution in [3.63, 3.8) is 0 Å². The summed E-state index contributed by atoms with van der Waals surface area (Å²) in [6.07, 6.45) is 6.28. The highest BCUT2D eigenvalue weighted by Crippen LogP contribution is 2.28. The average molecular weight is 137 g/mol. The SMILES string of the molecule is c1ncc(NCC2CC2)[nH]1. The van der Waals surface area contributed by atoms with Gasteiger partial charge in [-0.05, 0) is 18.8 Å². The van der Waals surface area contributed by atoms with E-state index in [1.54, 1.807) is 6.33 Å². The maximum Gasteiger partial charge on any atom is 0.123 e. The van der Waals surface area contributed by atoms with E-state index in [1.807, 2.05) is 6.20 Å². The lowest BCUT2D eigenvalue weighted by molar-refractivity contribution is 0.884. The molecule has 1 fully saturated rings. The van der Waals surface area contributed by atoms with Gasteiger partial charge in [0.2, 0.25) is 0 Å². The summed E-state index contributed by atoms with van der Waals surface area (Å²) in [5.74, 6) is 1.95. The molecule has 0 unspecified atom stereocenters. The second-order valence-corrected chi connectivity index (χ2v) is 2.79. The van der Waals surface area contributed by atoms with Gasteiger partial charge in [0.1, 0.15) is 5.82 Å². The molecule has 1 aromatic rings. The van der Waals surface area contributed by atoms with E-state index in [0.717, 1.165) is 18.3 Å². The van der Waals surface area contributed by atoms with Crippen LogP contribution in [0.3, 0.4) is 0 Å². The smallest absolute Gasteiger partial charge is 0.123 e. The molecule has 0 spiro atoms. The molecule has 10 heavy (non-hydrogen) atoms. The van der Waals surface area contributed by atoms with Crippen LogP contribution in [-0.2, 0) is 0 Å². The number of nitrogens with one attached hydrogen (secondary N) is 2. The van der Waals surface area contributed by atoms with Crippen LogP contribution in [0.5, 0.6) is 0 Å². The van der Waals surface area contributed by atoms with E-state index in [9.17, 15) is 0 Å². The van der Waals surface area contributed by atoms with E-state index >= 15 is 0 Å². The number of H-pyrrole nitrogens is 1. The number of anilines is 1. The van der Waals surface area contributed by atoms with Crippen LogP contribution in [0.1, 0.15) is 12.8 Å². The van der Waals surface area contributed by atoms with Crippen molar-refractivity contribution in [2.75, 3.05) is 11.9 Å². The topological polar surface area (TPSA) is 40.7 Å². The van der Waals surface area contributed by atoms with Crippen molar-refractivity contribution in [1.82, 2.24) is 9.97 Å². The first-order valence-corrected chi connectivity index (χ1v) is 3.67. The van der Waals surface area contributed by atoms with Crippen molar-refractivity contribution in [2.24, 2.45) is 5.92 Å². The van der Waals surface area contributed by atoms with Crippen LogP contribution in [0.15, 0.2) is 12.5 Å². The van der Waals surface area contributed by atoms with Crippen molar-refractivity contribution in [1.29, 1.82) is 0 Å². The molecule has 2 N–H and O–H groups in total. The lowest BCUT2D eigenvalue weighted by Crippen LogP contribution is -2.02. The van der Waals surface area contributed by atoms with Crippen LogP contribution < -0.4 is 5.32 Å². The summed E-state index contributed by atoms with van der Waals surface area (Å²) in [5, 5.41) is 3.27. The van der Waals surface area contributed by atoms with Gasteiger partial charge in [-0.1, -0.05) is 0 Å². The zero-order valence-electron chi connectivity index (χ0n) is 5.80. The summed E-state index contributed by atoms with van der Waals surface area (Å²) in [7, 11) is 0. The van der Waals surface area contributed by atoms with E-state index in [0.29, 0.717) is 0 Å². The van der Waals surface area contributed by atoms with Gasteiger partial charge in [0.25, 0.3) is 0 Å². The zero-order chi connectivity index (χ0) is 6.81. The summed E-state index contributed by atoms with van der Waals surface area (Å²) >= 11 is 0. The van der Waals surface area contributed by atoms with E-state index in [2.05, 4.69) is 15.3 Å². The molecule has 2 rings (SSSR count). The Kier molecular flexibility index (Phi) is 1.34. The van der Waals surface area contributed by atoms with Crippen molar-refractivity contribution < 1.29 is 0 Å². The minimum Gasteiger partial charge on any atom is -0.370 e. The number of aromatic nitrogens is 2. The van der Waals surface area contributed by atoms with Gasteiger partial charge < -0.3 is 10.3 Å². The molecule has 3 heteroatoms. The molecule has 0 saturated heterocycles. The first-order chi connectivity index (χ1) is 4.95. The Morgan fingerprint density at radius 3 is 3.20 bits per heavy atom. The molecular formula is C7H11N3. The van der Waals surface area contributed by atoms with Crippen molar-refractivity contribution >= 4 is 5.82 Å². The molecule has 0 aromatic carbocycles. The van der Waals surface area contributed by atoms with E-state index < -0.39 is 0 Å². The van der Waals surface area contributed by atoms with Crippen molar-refractivity contribution in [3.8, 4) is 0 Å². The molecule has 0 aliphatic heterocycles. The molecule has 1 aliphatic rings. The quantitative estimate of drug-likeness (QED) is 0.657. The molecular weight excluding hydrogens is 126 g/mol. The van der Waals surface area contributed by atoms with Crippen LogP contribution in [-0.4, -0.2) is 16.5 Å². The monoisotopic (exact) mass is 137 g/mol. The maximum absolute atomic E-state index is 3.90. The van der Waals surface area contributed by atoms with Crippen molar-refractivity contribution in [2.45, 2.75) is 12.8 Å². The Balaban J connectivity index is 1.79. The van der Waals surface area contributed by atoms with Crippen LogP contribution >= 0.6 is 0 Å². The van der Waals surface area contributed by atoms with Crippen LogP contribution in [0.4, 0.5) is 5.82 Å². The molecule has 3 nitrogen and oxygen atoms in total. The van der Waals surface area contributed by atoms with Crippen LogP contribution in [0, 0.1) is 5.92 Å². The third-order valence-electron chi connectivity index (χ3n) is 1.78. The highest BCUT2D eigenvalue weighted by Gasteiger charge is 2.20. The fraction of sp³-hybridized carbons (Fsp3) is 0.571. The Labute approximate surface area is 59.9 Å². The Bertz CT molecular complexity index is 189. The first-order valence-electron chi connectivity index (χ1n) is 3.67. The second-order valence-electron chi connectivity index (χ2n) is 2.79. The van der Waals surface area contributed by atoms with Crippen LogP contribution in [0.25, 0.3) is 0 Å². The Hall–Kier alpha value is -0.990. The molecule has 0 radical (unpaired) electrons. The minimum atomic E-state index is 0.920. The number of rotatable bonds is 3. The highest BCUT2D eigenvalue weighted by atomic mass is 15.0. The second kappa shape index (κ2) is 2.33. The van der Waals surface area contributed by atoms with E-state index in [-0.39, 0.29) is 0 Å². The summed E-state index contributed by atoms with van der Waals surface area (Å²) < 4.78 is 0. The lowest BCUT2D eigenvalue weighted by Gasteiger charge is -1.98. The van der Waals surface area contributed by atoms with Crippen LogP contribution in [0.2, 0.25) is 0 Å². The third kappa shape index (κ3) is 1.29. The first kappa shape index (κ1) is 5.77. The molecule has 1 saturated carbocycles. The molecule has 0 atom stereocenters. The van der Waals surface area contributed by atoms with Gasteiger partial charge in [-0.3, -0.25) is 0 Å². The largest absolute Gasteiger partial charge is 0.370 e. The normalized spacial score (nSPS) is 17.2. The fourth-order valence-corrected chi connectivity index (χ4v) is 0.929. The van der Waals surface area contributed by atoms with Gasteiger partial charge in [-0.25, -0.2) is 4.98 Å². The minimum absolute atomic E-state index is 0.920. The van der Waals surface area contributed by atoms with Crippen molar-refractivity contribution in [3.05, 3.63) is 12.5 Å². The summed E-state index contributed by atoms with van der Waals surface area (Å²) in [6.45, 7) is 1.10. The highest BCUT2D eigenvalue weighted by molar-refractivity contribution is 5.30. The van der Waals surface area contributed by atoms with Gasteiger partial charge in [0, 0.05) is 6.54 Å². The molecule has 1 aliphatic carbocycles. The van der Waals surface area contributed by atoms with Gasteiger partial charge in [0.15, 0.2) is 0 Å². The zero-order valence-corrected chi connectivity index (χ0v) is 5.80. The molecule has 1 heterocycles. The number of aromatic amines is 1. The molecule has 0 amide bonds. The summed E-state index contributed by atoms with van der Waals surface area (Å²) in [4.78, 5) is 6.90. The predicted octanol–water partition coefficient (Wildman–Crippen LogP) is 1.23. The standard InChI is InChI=1S/C7H11N3/c1-2-6(1)3-9-7-4-8-5-10-7/h4-6,9H,1-3H2,(H,8,10). The van der Waals surface area contributed by atoms with E-state index in [4.69, 9.17) is 0 Å². The van der Waals surface area contributed by atoms with Gasteiger partial charge in [-0.15, -0.1) is 0 Å². The van der Waals surface area contributed by atoms with E-state index in [1.165, 1.54) is 12.8 Å². The fourth-order valence-electron chi connectivity index (χ4n) is 0.929.